The molecular formula is C27H25N3O4. The van der Waals surface area contributed by atoms with Gasteiger partial charge in [0.2, 0.25) is 0 Å². The van der Waals surface area contributed by atoms with Crippen molar-refractivity contribution in [3.05, 3.63) is 111 Å². The van der Waals surface area contributed by atoms with E-state index in [9.17, 15) is 14.4 Å². The van der Waals surface area contributed by atoms with Gasteiger partial charge in [-0.2, -0.15) is 0 Å². The largest absolute Gasteiger partial charge is 0.478 e. The van der Waals surface area contributed by atoms with Gasteiger partial charge in [-0.3, -0.25) is 9.59 Å². The summed E-state index contributed by atoms with van der Waals surface area (Å²) in [6, 6.07) is 21.3. The van der Waals surface area contributed by atoms with Crippen molar-refractivity contribution in [3.63, 3.8) is 0 Å². The van der Waals surface area contributed by atoms with Crippen LogP contribution in [0.3, 0.4) is 0 Å². The summed E-state index contributed by atoms with van der Waals surface area (Å²) in [4.78, 5) is 41.2. The summed E-state index contributed by atoms with van der Waals surface area (Å²) in [7, 11) is 3.95. The maximum atomic E-state index is 12.7. The van der Waals surface area contributed by atoms with Crippen LogP contribution in [0, 0.1) is 0 Å². The van der Waals surface area contributed by atoms with E-state index in [1.165, 1.54) is 12.1 Å². The van der Waals surface area contributed by atoms with E-state index in [1.54, 1.807) is 36.4 Å². The lowest BCUT2D eigenvalue weighted by molar-refractivity contribution is 0.0696. The number of carbonyl (C=O) groups excluding carboxylic acids is 1. The standard InChI is InChI=1S/C27H25N3O4/c1-30(2)23-10-5-18(6-11-23)16-28-25(31)20-9-12-24-21(14-20)15-22(26(32)29-24)13-17-3-7-19(8-4-17)27(33)34/h3-12,14-15H,13,16H2,1-2H3,(H,28,31)(H,29,32)(H,33,34). The number of aromatic amines is 1. The fourth-order valence-electron chi connectivity index (χ4n) is 3.71. The van der Waals surface area contributed by atoms with Crippen LogP contribution in [-0.4, -0.2) is 36.1 Å². The number of anilines is 1. The maximum absolute atomic E-state index is 12.7. The van der Waals surface area contributed by atoms with E-state index < -0.39 is 5.97 Å². The molecule has 0 unspecified atom stereocenters. The molecular weight excluding hydrogens is 430 g/mol. The number of aromatic nitrogens is 1. The fourth-order valence-corrected chi connectivity index (χ4v) is 3.71. The fraction of sp³-hybridized carbons (Fsp3) is 0.148. The first kappa shape index (κ1) is 22.8. The van der Waals surface area contributed by atoms with Crippen molar-refractivity contribution in [3.8, 4) is 0 Å². The zero-order valence-corrected chi connectivity index (χ0v) is 19.0. The first-order chi connectivity index (χ1) is 16.3. The Morgan fingerprint density at radius 1 is 0.882 bits per heavy atom. The van der Waals surface area contributed by atoms with Crippen LogP contribution in [0.4, 0.5) is 5.69 Å². The summed E-state index contributed by atoms with van der Waals surface area (Å²) in [5, 5.41) is 12.7. The molecule has 4 aromatic rings. The molecule has 0 aliphatic rings. The molecule has 172 valence electrons. The summed E-state index contributed by atoms with van der Waals surface area (Å²) in [5.74, 6) is -1.19. The molecule has 0 aliphatic carbocycles. The van der Waals surface area contributed by atoms with Crippen LogP contribution in [-0.2, 0) is 13.0 Å². The molecule has 7 heteroatoms. The molecule has 1 aromatic heterocycles. The average Bonchev–Trinajstić information content (AvgIpc) is 2.83. The molecule has 0 radical (unpaired) electrons. The van der Waals surface area contributed by atoms with Crippen LogP contribution in [0.2, 0.25) is 0 Å². The Bertz CT molecular complexity index is 1410. The van der Waals surface area contributed by atoms with Crippen LogP contribution < -0.4 is 15.8 Å². The summed E-state index contributed by atoms with van der Waals surface area (Å²) in [5.41, 5.74) is 4.58. The topological polar surface area (TPSA) is 103 Å². The second kappa shape index (κ2) is 9.62. The summed E-state index contributed by atoms with van der Waals surface area (Å²) in [6.07, 6.45) is 0.352. The molecule has 3 aromatic carbocycles. The molecule has 1 amide bonds. The summed E-state index contributed by atoms with van der Waals surface area (Å²) in [6.45, 7) is 0.411. The number of hydrogen-bond acceptors (Lipinski definition) is 4. The lowest BCUT2D eigenvalue weighted by Crippen LogP contribution is -2.23. The monoisotopic (exact) mass is 455 g/mol. The number of fused-ring (bicyclic) bond motifs is 1. The number of pyridine rings is 1. The first-order valence-electron chi connectivity index (χ1n) is 10.8. The number of carboxylic acids is 1. The molecule has 0 spiro atoms. The van der Waals surface area contributed by atoms with Gasteiger partial charge in [0.25, 0.3) is 11.5 Å². The normalized spacial score (nSPS) is 10.8. The number of benzene rings is 3. The third-order valence-corrected chi connectivity index (χ3v) is 5.68. The van der Waals surface area contributed by atoms with Crippen molar-refractivity contribution in [1.82, 2.24) is 10.3 Å². The van der Waals surface area contributed by atoms with E-state index in [0.717, 1.165) is 22.2 Å². The third-order valence-electron chi connectivity index (χ3n) is 5.68. The Balaban J connectivity index is 1.50. The van der Waals surface area contributed by atoms with Gasteiger partial charge < -0.3 is 20.3 Å². The Labute approximate surface area is 196 Å². The second-order valence-electron chi connectivity index (χ2n) is 8.35. The first-order valence-corrected chi connectivity index (χ1v) is 10.8. The number of hydrogen-bond donors (Lipinski definition) is 3. The van der Waals surface area contributed by atoms with E-state index in [0.29, 0.717) is 29.6 Å². The van der Waals surface area contributed by atoms with Gasteiger partial charge in [-0.25, -0.2) is 4.79 Å². The third kappa shape index (κ3) is 5.15. The molecule has 3 N–H and O–H groups in total. The molecule has 0 saturated carbocycles. The number of aromatic carboxylic acids is 1. The Morgan fingerprint density at radius 3 is 2.18 bits per heavy atom. The van der Waals surface area contributed by atoms with Crippen molar-refractivity contribution in [1.29, 1.82) is 0 Å². The van der Waals surface area contributed by atoms with Crippen LogP contribution >= 0.6 is 0 Å². The highest BCUT2D eigenvalue weighted by molar-refractivity contribution is 5.98. The van der Waals surface area contributed by atoms with Crippen molar-refractivity contribution < 1.29 is 14.7 Å². The lowest BCUT2D eigenvalue weighted by atomic mass is 10.0. The molecule has 0 atom stereocenters. The van der Waals surface area contributed by atoms with Gasteiger partial charge >= 0.3 is 5.97 Å². The predicted molar refractivity (Wildman–Crippen MR) is 133 cm³/mol. The van der Waals surface area contributed by atoms with Gasteiger partial charge in [0.05, 0.1) is 5.56 Å². The molecule has 0 bridgehead atoms. The van der Waals surface area contributed by atoms with E-state index in [-0.39, 0.29) is 17.0 Å². The second-order valence-corrected chi connectivity index (χ2v) is 8.35. The van der Waals surface area contributed by atoms with Gasteiger partial charge in [0, 0.05) is 49.4 Å². The number of carbonyl (C=O) groups is 2. The van der Waals surface area contributed by atoms with Crippen molar-refractivity contribution in [2.75, 3.05) is 19.0 Å². The van der Waals surface area contributed by atoms with E-state index >= 15 is 0 Å². The van der Waals surface area contributed by atoms with E-state index in [1.807, 2.05) is 43.3 Å². The van der Waals surface area contributed by atoms with Gasteiger partial charge in [-0.1, -0.05) is 24.3 Å². The minimum Gasteiger partial charge on any atom is -0.478 e. The Morgan fingerprint density at radius 2 is 1.53 bits per heavy atom. The Kier molecular flexibility index (Phi) is 6.45. The highest BCUT2D eigenvalue weighted by Crippen LogP contribution is 2.17. The number of carboxylic acid groups (broad SMARTS) is 1. The quantitative estimate of drug-likeness (QED) is 0.393. The maximum Gasteiger partial charge on any atom is 0.335 e. The number of rotatable bonds is 7. The van der Waals surface area contributed by atoms with Gasteiger partial charge in [0.15, 0.2) is 0 Å². The van der Waals surface area contributed by atoms with Crippen LogP contribution in [0.15, 0.2) is 77.6 Å². The molecule has 7 nitrogen and oxygen atoms in total. The summed E-state index contributed by atoms with van der Waals surface area (Å²) < 4.78 is 0. The molecule has 4 rings (SSSR count). The number of H-pyrrole nitrogens is 1. The van der Waals surface area contributed by atoms with Gasteiger partial charge in [-0.05, 0) is 65.0 Å². The number of nitrogens with one attached hydrogen (secondary N) is 2. The number of amides is 1. The van der Waals surface area contributed by atoms with Gasteiger partial charge in [0.1, 0.15) is 0 Å². The number of nitrogens with zero attached hydrogens (tertiary/aromatic N) is 1. The van der Waals surface area contributed by atoms with Gasteiger partial charge in [-0.15, -0.1) is 0 Å². The van der Waals surface area contributed by atoms with Crippen LogP contribution in [0.1, 0.15) is 37.4 Å². The lowest BCUT2D eigenvalue weighted by Gasteiger charge is -2.13. The van der Waals surface area contributed by atoms with E-state index in [4.69, 9.17) is 5.11 Å². The zero-order valence-electron chi connectivity index (χ0n) is 19.0. The molecule has 34 heavy (non-hydrogen) atoms. The van der Waals surface area contributed by atoms with Crippen molar-refractivity contribution in [2.45, 2.75) is 13.0 Å². The zero-order chi connectivity index (χ0) is 24.2. The van der Waals surface area contributed by atoms with Crippen molar-refractivity contribution >= 4 is 28.5 Å². The minimum absolute atomic E-state index is 0.195. The molecule has 1 heterocycles. The van der Waals surface area contributed by atoms with Crippen LogP contribution in [0.5, 0.6) is 0 Å². The molecule has 0 aliphatic heterocycles. The molecule has 0 fully saturated rings. The minimum atomic E-state index is -0.994. The average molecular weight is 456 g/mol. The highest BCUT2D eigenvalue weighted by Gasteiger charge is 2.10. The smallest absolute Gasteiger partial charge is 0.335 e. The predicted octanol–water partition coefficient (Wildman–Crippen LogP) is 3.81. The highest BCUT2D eigenvalue weighted by atomic mass is 16.4. The summed E-state index contributed by atoms with van der Waals surface area (Å²) >= 11 is 0. The van der Waals surface area contributed by atoms with Crippen molar-refractivity contribution in [2.24, 2.45) is 0 Å². The van der Waals surface area contributed by atoms with Crippen LogP contribution in [0.25, 0.3) is 10.9 Å². The van der Waals surface area contributed by atoms with E-state index in [2.05, 4.69) is 10.3 Å². The molecule has 0 saturated heterocycles. The SMILES string of the molecule is CN(C)c1ccc(CNC(=O)c2ccc3[nH]c(=O)c(Cc4ccc(C(=O)O)cc4)cc3c2)cc1. The Hall–Kier alpha value is -4.39.